The Hall–Kier alpha value is -2.38. The van der Waals surface area contributed by atoms with E-state index >= 15 is 0 Å². The van der Waals surface area contributed by atoms with Crippen molar-refractivity contribution < 1.29 is 18.8 Å². The maximum atomic E-state index is 13.3. The van der Waals surface area contributed by atoms with Crippen molar-refractivity contribution >= 4 is 22.6 Å². The van der Waals surface area contributed by atoms with Crippen molar-refractivity contribution in [2.45, 2.75) is 37.0 Å². The van der Waals surface area contributed by atoms with Gasteiger partial charge in [-0.25, -0.2) is 9.00 Å². The summed E-state index contributed by atoms with van der Waals surface area (Å²) in [5, 5.41) is 9.87. The normalized spacial score (nSPS) is 25.3. The third-order valence-corrected chi connectivity index (χ3v) is 8.07. The van der Waals surface area contributed by atoms with E-state index in [1.807, 2.05) is 30.3 Å². The van der Waals surface area contributed by atoms with Crippen LogP contribution in [0.15, 0.2) is 41.3 Å². The fourth-order valence-corrected chi connectivity index (χ4v) is 6.10. The summed E-state index contributed by atoms with van der Waals surface area (Å²) in [6.45, 7) is 5.98. The van der Waals surface area contributed by atoms with Crippen LogP contribution in [0.4, 0.5) is 5.69 Å². The number of likely N-dealkylation sites (tertiary alicyclic amines) is 1. The second-order valence-corrected chi connectivity index (χ2v) is 10.0. The topological polar surface area (TPSA) is 78.9 Å². The molecule has 4 unspecified atom stereocenters. The van der Waals surface area contributed by atoms with E-state index in [-0.39, 0.29) is 5.56 Å². The van der Waals surface area contributed by atoms with E-state index in [9.17, 15) is 14.1 Å². The van der Waals surface area contributed by atoms with Gasteiger partial charge in [0.1, 0.15) is 11.3 Å². The number of rotatable bonds is 7. The molecule has 2 aromatic rings. The molecule has 4 atom stereocenters. The van der Waals surface area contributed by atoms with Gasteiger partial charge in [-0.15, -0.1) is 0 Å². The summed E-state index contributed by atoms with van der Waals surface area (Å²) in [6.07, 6.45) is 3.08. The lowest BCUT2D eigenvalue weighted by atomic mass is 9.99. The van der Waals surface area contributed by atoms with E-state index in [1.54, 1.807) is 6.07 Å². The van der Waals surface area contributed by atoms with Crippen LogP contribution < -0.4 is 9.46 Å². The minimum Gasteiger partial charge on any atom is -0.492 e. The van der Waals surface area contributed by atoms with E-state index in [0.717, 1.165) is 54.9 Å². The maximum absolute atomic E-state index is 13.3. The highest BCUT2D eigenvalue weighted by molar-refractivity contribution is 7.86. The Morgan fingerprint density at radius 3 is 2.90 bits per heavy atom. The Bertz CT molecular complexity index is 1040. The zero-order valence-electron chi connectivity index (χ0n) is 17.7. The lowest BCUT2D eigenvalue weighted by molar-refractivity contribution is 0.0692. The van der Waals surface area contributed by atoms with Gasteiger partial charge in [-0.1, -0.05) is 31.2 Å². The van der Waals surface area contributed by atoms with Gasteiger partial charge in [0.25, 0.3) is 0 Å². The minimum atomic E-state index is -1.56. The van der Waals surface area contributed by atoms with Crippen LogP contribution >= 0.6 is 0 Å². The Morgan fingerprint density at radius 2 is 2.13 bits per heavy atom. The molecule has 0 spiro atoms. The number of anilines is 1. The first kappa shape index (κ1) is 20.5. The number of hydrogen-bond acceptors (Lipinski definition) is 4. The molecule has 2 aromatic carbocycles. The predicted octanol–water partition coefficient (Wildman–Crippen LogP) is 3.90. The smallest absolute Gasteiger partial charge is 0.341 e. The summed E-state index contributed by atoms with van der Waals surface area (Å²) in [6, 6.07) is 11.4. The van der Waals surface area contributed by atoms with Crippen LogP contribution in [0.3, 0.4) is 0 Å². The number of ether oxygens (including phenoxy) is 1. The third-order valence-electron chi connectivity index (χ3n) is 6.87. The van der Waals surface area contributed by atoms with Gasteiger partial charge >= 0.3 is 5.97 Å². The van der Waals surface area contributed by atoms with Crippen molar-refractivity contribution in [2.24, 2.45) is 11.8 Å². The van der Waals surface area contributed by atoms with E-state index in [1.165, 1.54) is 0 Å². The highest BCUT2D eigenvalue weighted by atomic mass is 32.2. The van der Waals surface area contributed by atoms with Crippen LogP contribution in [-0.2, 0) is 17.4 Å². The van der Waals surface area contributed by atoms with E-state index in [4.69, 9.17) is 4.74 Å². The van der Waals surface area contributed by atoms with Crippen molar-refractivity contribution in [3.05, 3.63) is 53.1 Å². The fraction of sp³-hybridized carbons (Fsp3) is 0.458. The molecule has 2 aliphatic heterocycles. The molecule has 164 valence electrons. The molecule has 31 heavy (non-hydrogen) atoms. The first-order chi connectivity index (χ1) is 15.0. The zero-order chi connectivity index (χ0) is 21.5. The second-order valence-electron chi connectivity index (χ2n) is 8.86. The number of aromatic carboxylic acids is 1. The highest BCUT2D eigenvalue weighted by Gasteiger charge is 2.45. The molecule has 3 aliphatic rings. The number of carbonyl (C=O) groups is 1. The zero-order valence-corrected chi connectivity index (χ0v) is 18.5. The molecule has 0 aromatic heterocycles. The van der Waals surface area contributed by atoms with E-state index < -0.39 is 17.0 Å². The van der Waals surface area contributed by atoms with Gasteiger partial charge < -0.3 is 19.5 Å². The SMILES string of the molecule is CCN1CCC(Cc2ccccc2S(=O)Nc2ccc3c(c2C(=O)O)OCC2CC32)C1. The summed E-state index contributed by atoms with van der Waals surface area (Å²) in [5.41, 5.74) is 2.45. The Balaban J connectivity index is 1.39. The lowest BCUT2D eigenvalue weighted by Crippen LogP contribution is -2.20. The number of nitrogens with one attached hydrogen (secondary N) is 1. The van der Waals surface area contributed by atoms with Crippen molar-refractivity contribution in [1.29, 1.82) is 0 Å². The number of nitrogens with zero attached hydrogens (tertiary/aromatic N) is 1. The van der Waals surface area contributed by atoms with Crippen LogP contribution in [0.5, 0.6) is 5.75 Å². The first-order valence-electron chi connectivity index (χ1n) is 11.1. The average molecular weight is 441 g/mol. The minimum absolute atomic E-state index is 0.0862. The monoisotopic (exact) mass is 440 g/mol. The quantitative estimate of drug-likeness (QED) is 0.683. The van der Waals surface area contributed by atoms with Gasteiger partial charge in [0, 0.05) is 12.5 Å². The lowest BCUT2D eigenvalue weighted by Gasteiger charge is -2.21. The predicted molar refractivity (Wildman–Crippen MR) is 120 cm³/mol. The van der Waals surface area contributed by atoms with Crippen molar-refractivity contribution in [2.75, 3.05) is 31.0 Å². The number of carboxylic acid groups (broad SMARTS) is 1. The number of benzene rings is 2. The van der Waals surface area contributed by atoms with Crippen LogP contribution in [0.1, 0.15) is 47.2 Å². The average Bonchev–Trinajstić information content (AvgIpc) is 3.43. The second kappa shape index (κ2) is 8.28. The molecule has 0 amide bonds. The molecule has 0 radical (unpaired) electrons. The van der Waals surface area contributed by atoms with Crippen molar-refractivity contribution in [3.63, 3.8) is 0 Å². The van der Waals surface area contributed by atoms with Gasteiger partial charge in [0.05, 0.1) is 17.2 Å². The van der Waals surface area contributed by atoms with Gasteiger partial charge in [0.2, 0.25) is 0 Å². The summed E-state index contributed by atoms with van der Waals surface area (Å²) in [5.74, 6) is 0.835. The molecule has 1 aliphatic carbocycles. The standard InChI is InChI=1S/C24H28N2O4S/c1-2-26-10-9-15(13-26)11-16-5-3-4-6-21(16)31(29)25-20-8-7-18-19-12-17(19)14-30-23(18)22(20)24(27)28/h3-8,15,17,19,25H,2,9-14H2,1H3,(H,27,28). The van der Waals surface area contributed by atoms with E-state index in [2.05, 4.69) is 16.5 Å². The molecular weight excluding hydrogens is 412 g/mol. The number of fused-ring (bicyclic) bond motifs is 3. The van der Waals surface area contributed by atoms with Crippen molar-refractivity contribution in [3.8, 4) is 5.75 Å². The van der Waals surface area contributed by atoms with Gasteiger partial charge in [-0.2, -0.15) is 0 Å². The van der Waals surface area contributed by atoms with Crippen LogP contribution in [0.25, 0.3) is 0 Å². The third kappa shape index (κ3) is 3.96. The number of hydrogen-bond donors (Lipinski definition) is 2. The van der Waals surface area contributed by atoms with Crippen LogP contribution in [0.2, 0.25) is 0 Å². The maximum Gasteiger partial charge on any atom is 0.341 e. The highest BCUT2D eigenvalue weighted by Crippen LogP contribution is 2.55. The molecule has 1 saturated carbocycles. The fourth-order valence-electron chi connectivity index (χ4n) is 5.03. The Morgan fingerprint density at radius 1 is 1.29 bits per heavy atom. The molecule has 2 N–H and O–H groups in total. The molecule has 7 heteroatoms. The van der Waals surface area contributed by atoms with Crippen LogP contribution in [-0.4, -0.2) is 46.4 Å². The number of carboxylic acids is 1. The Labute approximate surface area is 185 Å². The summed E-state index contributed by atoms with van der Waals surface area (Å²) >= 11 is 0. The molecular formula is C24H28N2O4S. The largest absolute Gasteiger partial charge is 0.492 e. The molecule has 0 bridgehead atoms. The van der Waals surface area contributed by atoms with Crippen molar-refractivity contribution in [1.82, 2.24) is 4.90 Å². The summed E-state index contributed by atoms with van der Waals surface area (Å²) < 4.78 is 22.1. The summed E-state index contributed by atoms with van der Waals surface area (Å²) in [4.78, 5) is 15.2. The van der Waals surface area contributed by atoms with Gasteiger partial charge in [-0.3, -0.25) is 0 Å². The Kier molecular flexibility index (Phi) is 5.48. The molecule has 1 saturated heterocycles. The molecule has 2 heterocycles. The molecule has 5 rings (SSSR count). The van der Waals surface area contributed by atoms with Gasteiger partial charge in [0.15, 0.2) is 11.0 Å². The summed E-state index contributed by atoms with van der Waals surface area (Å²) in [7, 11) is -1.56. The van der Waals surface area contributed by atoms with Crippen LogP contribution in [0, 0.1) is 11.8 Å². The molecule has 6 nitrogen and oxygen atoms in total. The first-order valence-corrected chi connectivity index (χ1v) is 12.2. The van der Waals surface area contributed by atoms with Gasteiger partial charge in [-0.05, 0) is 67.4 Å². The molecule has 2 fully saturated rings. The van der Waals surface area contributed by atoms with E-state index in [0.29, 0.717) is 35.8 Å².